The third-order valence-electron chi connectivity index (χ3n) is 1.09. The second kappa shape index (κ2) is 3.60. The molecule has 4 nitrogen and oxygen atoms in total. The molecule has 56 valence electrons. The SMILES string of the molecule is COCC(N)c1cnns1. The quantitative estimate of drug-likeness (QED) is 0.683. The summed E-state index contributed by atoms with van der Waals surface area (Å²) in [6, 6.07) is -0.0787. The van der Waals surface area contributed by atoms with Crippen LogP contribution in [0.1, 0.15) is 10.9 Å². The number of nitrogens with two attached hydrogens (primary N) is 1. The first-order chi connectivity index (χ1) is 4.84. The van der Waals surface area contributed by atoms with Gasteiger partial charge in [0, 0.05) is 7.11 Å². The molecule has 0 aliphatic heterocycles. The van der Waals surface area contributed by atoms with Gasteiger partial charge in [0.15, 0.2) is 0 Å². The molecule has 0 aliphatic carbocycles. The summed E-state index contributed by atoms with van der Waals surface area (Å²) >= 11 is 1.30. The molecule has 1 unspecified atom stereocenters. The Morgan fingerprint density at radius 2 is 2.70 bits per heavy atom. The summed E-state index contributed by atoms with van der Waals surface area (Å²) in [5.41, 5.74) is 5.66. The molecule has 5 heteroatoms. The van der Waals surface area contributed by atoms with Crippen molar-refractivity contribution in [2.45, 2.75) is 6.04 Å². The number of hydrogen-bond donors (Lipinski definition) is 1. The van der Waals surface area contributed by atoms with Crippen LogP contribution in [-0.2, 0) is 4.74 Å². The molecule has 2 N–H and O–H groups in total. The number of nitrogens with zero attached hydrogens (tertiary/aromatic N) is 2. The Kier molecular flexibility index (Phi) is 2.73. The van der Waals surface area contributed by atoms with Crippen LogP contribution in [0.4, 0.5) is 0 Å². The summed E-state index contributed by atoms with van der Waals surface area (Å²) in [7, 11) is 1.62. The highest BCUT2D eigenvalue weighted by Gasteiger charge is 2.06. The van der Waals surface area contributed by atoms with E-state index >= 15 is 0 Å². The van der Waals surface area contributed by atoms with E-state index in [4.69, 9.17) is 10.5 Å². The van der Waals surface area contributed by atoms with E-state index in [2.05, 4.69) is 9.59 Å². The average molecular weight is 159 g/mol. The molecule has 1 aromatic heterocycles. The first kappa shape index (κ1) is 7.59. The van der Waals surface area contributed by atoms with E-state index in [1.165, 1.54) is 11.5 Å². The average Bonchev–Trinajstić information content (AvgIpc) is 2.38. The first-order valence-corrected chi connectivity index (χ1v) is 3.63. The molecular weight excluding hydrogens is 150 g/mol. The maximum absolute atomic E-state index is 5.66. The number of methoxy groups -OCH3 is 1. The Balaban J connectivity index is 2.50. The van der Waals surface area contributed by atoms with Crippen LogP contribution in [-0.4, -0.2) is 23.3 Å². The number of hydrogen-bond acceptors (Lipinski definition) is 5. The van der Waals surface area contributed by atoms with Gasteiger partial charge < -0.3 is 10.5 Å². The highest BCUT2D eigenvalue weighted by atomic mass is 32.1. The molecule has 0 aromatic carbocycles. The van der Waals surface area contributed by atoms with Crippen LogP contribution in [0, 0.1) is 0 Å². The van der Waals surface area contributed by atoms with Crippen LogP contribution >= 0.6 is 11.5 Å². The van der Waals surface area contributed by atoms with Crippen molar-refractivity contribution >= 4 is 11.5 Å². The second-order valence-electron chi connectivity index (χ2n) is 1.88. The highest BCUT2D eigenvalue weighted by molar-refractivity contribution is 7.05. The van der Waals surface area contributed by atoms with Crippen molar-refractivity contribution in [3.63, 3.8) is 0 Å². The fourth-order valence-corrected chi connectivity index (χ4v) is 1.09. The summed E-state index contributed by atoms with van der Waals surface area (Å²) in [5.74, 6) is 0. The van der Waals surface area contributed by atoms with Crippen LogP contribution in [0.3, 0.4) is 0 Å². The zero-order valence-corrected chi connectivity index (χ0v) is 6.47. The van der Waals surface area contributed by atoms with Crippen molar-refractivity contribution in [3.05, 3.63) is 11.1 Å². The molecular formula is C5H9N3OS. The standard InChI is InChI=1S/C5H9N3OS/c1-9-3-4(6)5-2-7-8-10-5/h2,4H,3,6H2,1H3. The van der Waals surface area contributed by atoms with E-state index in [1.54, 1.807) is 13.3 Å². The Morgan fingerprint density at radius 1 is 1.90 bits per heavy atom. The third kappa shape index (κ3) is 1.73. The Bertz CT molecular complexity index is 177. The monoisotopic (exact) mass is 159 g/mol. The van der Waals surface area contributed by atoms with E-state index in [0.717, 1.165) is 4.88 Å². The van der Waals surface area contributed by atoms with Crippen molar-refractivity contribution in [2.75, 3.05) is 13.7 Å². The molecule has 1 aromatic rings. The van der Waals surface area contributed by atoms with Crippen LogP contribution < -0.4 is 5.73 Å². The minimum atomic E-state index is -0.0787. The van der Waals surface area contributed by atoms with Crippen LogP contribution in [0.25, 0.3) is 0 Å². The lowest BCUT2D eigenvalue weighted by molar-refractivity contribution is 0.182. The molecule has 0 fully saturated rings. The van der Waals surface area contributed by atoms with Crippen LogP contribution in [0.15, 0.2) is 6.20 Å². The van der Waals surface area contributed by atoms with E-state index in [9.17, 15) is 0 Å². The number of ether oxygens (including phenoxy) is 1. The van der Waals surface area contributed by atoms with Crippen LogP contribution in [0.2, 0.25) is 0 Å². The lowest BCUT2D eigenvalue weighted by Gasteiger charge is -2.04. The molecule has 0 saturated carbocycles. The first-order valence-electron chi connectivity index (χ1n) is 2.86. The number of rotatable bonds is 3. The fourth-order valence-electron chi connectivity index (χ4n) is 0.600. The van der Waals surface area contributed by atoms with Crippen LogP contribution in [0.5, 0.6) is 0 Å². The zero-order chi connectivity index (χ0) is 7.40. The van der Waals surface area contributed by atoms with E-state index in [0.29, 0.717) is 6.61 Å². The molecule has 10 heavy (non-hydrogen) atoms. The summed E-state index contributed by atoms with van der Waals surface area (Å²) in [5, 5.41) is 3.66. The summed E-state index contributed by atoms with van der Waals surface area (Å²) in [6.45, 7) is 0.518. The molecule has 0 saturated heterocycles. The van der Waals surface area contributed by atoms with Crippen molar-refractivity contribution in [1.29, 1.82) is 0 Å². The van der Waals surface area contributed by atoms with Gasteiger partial charge in [0.25, 0.3) is 0 Å². The molecule has 0 spiro atoms. The zero-order valence-electron chi connectivity index (χ0n) is 5.65. The van der Waals surface area contributed by atoms with Crippen molar-refractivity contribution in [3.8, 4) is 0 Å². The minimum Gasteiger partial charge on any atom is -0.383 e. The fraction of sp³-hybridized carbons (Fsp3) is 0.600. The molecule has 0 bridgehead atoms. The third-order valence-corrected chi connectivity index (χ3v) is 1.88. The molecule has 0 amide bonds. The second-order valence-corrected chi connectivity index (χ2v) is 2.70. The Morgan fingerprint density at radius 3 is 3.20 bits per heavy atom. The maximum Gasteiger partial charge on any atom is 0.0670 e. The predicted molar refractivity (Wildman–Crippen MR) is 38.7 cm³/mol. The molecule has 1 atom stereocenters. The van der Waals surface area contributed by atoms with Gasteiger partial charge in [-0.15, -0.1) is 5.10 Å². The lowest BCUT2D eigenvalue weighted by atomic mass is 10.3. The summed E-state index contributed by atoms with van der Waals surface area (Å²) in [6.07, 6.45) is 1.66. The topological polar surface area (TPSA) is 61.0 Å². The maximum atomic E-state index is 5.66. The molecule has 0 radical (unpaired) electrons. The normalized spacial score (nSPS) is 13.4. The smallest absolute Gasteiger partial charge is 0.0670 e. The van der Waals surface area contributed by atoms with Crippen molar-refractivity contribution in [1.82, 2.24) is 9.59 Å². The van der Waals surface area contributed by atoms with Crippen molar-refractivity contribution in [2.24, 2.45) is 5.73 Å². The predicted octanol–water partition coefficient (Wildman–Crippen LogP) is 0.184. The van der Waals surface area contributed by atoms with Gasteiger partial charge in [-0.25, -0.2) is 0 Å². The van der Waals surface area contributed by atoms with Gasteiger partial charge in [-0.3, -0.25) is 0 Å². The Labute approximate surface area is 63.2 Å². The van der Waals surface area contributed by atoms with Gasteiger partial charge >= 0.3 is 0 Å². The van der Waals surface area contributed by atoms with Gasteiger partial charge in [0.2, 0.25) is 0 Å². The van der Waals surface area contributed by atoms with Gasteiger partial charge in [-0.1, -0.05) is 4.49 Å². The van der Waals surface area contributed by atoms with Gasteiger partial charge in [0.05, 0.1) is 23.7 Å². The van der Waals surface area contributed by atoms with E-state index in [1.807, 2.05) is 0 Å². The number of aromatic nitrogens is 2. The molecule has 0 aliphatic rings. The molecule has 1 rings (SSSR count). The van der Waals surface area contributed by atoms with E-state index in [-0.39, 0.29) is 6.04 Å². The lowest BCUT2D eigenvalue weighted by Crippen LogP contribution is -2.14. The van der Waals surface area contributed by atoms with Gasteiger partial charge in [-0.05, 0) is 11.5 Å². The van der Waals surface area contributed by atoms with Gasteiger partial charge in [-0.2, -0.15) is 0 Å². The van der Waals surface area contributed by atoms with E-state index < -0.39 is 0 Å². The summed E-state index contributed by atoms with van der Waals surface area (Å²) in [4.78, 5) is 0.960. The minimum absolute atomic E-state index is 0.0787. The highest BCUT2D eigenvalue weighted by Crippen LogP contribution is 2.11. The van der Waals surface area contributed by atoms with Crippen molar-refractivity contribution < 1.29 is 4.74 Å². The summed E-state index contributed by atoms with van der Waals surface area (Å²) < 4.78 is 8.54. The largest absolute Gasteiger partial charge is 0.383 e. The van der Waals surface area contributed by atoms with Gasteiger partial charge in [0.1, 0.15) is 0 Å². The molecule has 1 heterocycles. The Hall–Kier alpha value is -0.520.